The summed E-state index contributed by atoms with van der Waals surface area (Å²) in [6.45, 7) is 4.09. The molecule has 5 heteroatoms. The number of hydrogen-bond acceptors (Lipinski definition) is 2. The van der Waals surface area contributed by atoms with Crippen molar-refractivity contribution in [1.29, 1.82) is 0 Å². The summed E-state index contributed by atoms with van der Waals surface area (Å²) in [5, 5.41) is 4.31. The number of hydrogen-bond donors (Lipinski definition) is 2. The Bertz CT molecular complexity index is 977. The average Bonchev–Trinajstić information content (AvgIpc) is 2.53. The largest absolute Gasteiger partial charge is 0.322 e. The number of nitrogens with one attached hydrogen (secondary N) is 2. The van der Waals surface area contributed by atoms with Crippen LogP contribution in [0.1, 0.15) is 35.7 Å². The summed E-state index contributed by atoms with van der Waals surface area (Å²) in [6.07, 6.45) is 0. The molecule has 122 valence electrons. The van der Waals surface area contributed by atoms with Gasteiger partial charge in [0.25, 0.3) is 5.91 Å². The highest BCUT2D eigenvalue weighted by Crippen LogP contribution is 2.25. The minimum atomic E-state index is -0.251. The summed E-state index contributed by atoms with van der Waals surface area (Å²) >= 11 is 5.91. The van der Waals surface area contributed by atoms with Crippen LogP contribution in [0.25, 0.3) is 10.9 Å². The van der Waals surface area contributed by atoms with Gasteiger partial charge < -0.3 is 10.3 Å². The van der Waals surface area contributed by atoms with Crippen molar-refractivity contribution in [3.8, 4) is 0 Å². The van der Waals surface area contributed by atoms with Gasteiger partial charge in [-0.15, -0.1) is 0 Å². The van der Waals surface area contributed by atoms with E-state index < -0.39 is 0 Å². The van der Waals surface area contributed by atoms with E-state index in [2.05, 4.69) is 10.3 Å². The van der Waals surface area contributed by atoms with Crippen molar-refractivity contribution in [2.24, 2.45) is 0 Å². The van der Waals surface area contributed by atoms with E-state index in [4.69, 9.17) is 11.6 Å². The fraction of sp³-hybridized carbons (Fsp3) is 0.158. The lowest BCUT2D eigenvalue weighted by Gasteiger charge is -2.11. The second kappa shape index (κ2) is 6.49. The van der Waals surface area contributed by atoms with E-state index in [1.807, 2.05) is 26.0 Å². The Balaban J connectivity index is 1.96. The first-order chi connectivity index (χ1) is 11.4. The second-order valence-electron chi connectivity index (χ2n) is 5.97. The number of benzene rings is 2. The van der Waals surface area contributed by atoms with Gasteiger partial charge in [-0.25, -0.2) is 0 Å². The third-order valence-electron chi connectivity index (χ3n) is 3.84. The first kappa shape index (κ1) is 16.3. The van der Waals surface area contributed by atoms with E-state index in [-0.39, 0.29) is 17.4 Å². The van der Waals surface area contributed by atoms with Crippen LogP contribution in [0.5, 0.6) is 0 Å². The molecular weight excluding hydrogens is 324 g/mol. The van der Waals surface area contributed by atoms with E-state index in [0.717, 1.165) is 10.9 Å². The van der Waals surface area contributed by atoms with Gasteiger partial charge in [0.2, 0.25) is 5.56 Å². The number of halogens is 1. The van der Waals surface area contributed by atoms with Gasteiger partial charge in [-0.05, 0) is 41.8 Å². The molecule has 0 saturated heterocycles. The van der Waals surface area contributed by atoms with Crippen molar-refractivity contribution >= 4 is 34.1 Å². The Morgan fingerprint density at radius 3 is 2.62 bits per heavy atom. The number of carbonyl (C=O) groups is 1. The van der Waals surface area contributed by atoms with Crippen LogP contribution >= 0.6 is 11.6 Å². The number of aromatic nitrogens is 1. The van der Waals surface area contributed by atoms with Crippen LogP contribution in [-0.4, -0.2) is 10.9 Å². The zero-order chi connectivity index (χ0) is 17.3. The number of anilines is 1. The standard InChI is InChI=1S/C19H17ClN2O2/c1-11(2)16-10-18(23)22-17-9-14(6-7-15(16)17)21-19(24)12-4-3-5-13(20)8-12/h3-11H,1-2H3,(H,21,24)(H,22,23). The normalized spacial score (nSPS) is 11.0. The first-order valence-electron chi connectivity index (χ1n) is 7.68. The maximum Gasteiger partial charge on any atom is 0.255 e. The Labute approximate surface area is 144 Å². The molecule has 0 atom stereocenters. The molecule has 4 nitrogen and oxygen atoms in total. The van der Waals surface area contributed by atoms with Gasteiger partial charge in [-0.3, -0.25) is 9.59 Å². The molecule has 3 rings (SSSR count). The molecule has 1 aromatic heterocycles. The number of aromatic amines is 1. The summed E-state index contributed by atoms with van der Waals surface area (Å²) in [6, 6.07) is 13.9. The van der Waals surface area contributed by atoms with Crippen molar-refractivity contribution in [3.63, 3.8) is 0 Å². The maximum atomic E-state index is 12.3. The van der Waals surface area contributed by atoms with Crippen LogP contribution in [0.4, 0.5) is 5.69 Å². The smallest absolute Gasteiger partial charge is 0.255 e. The summed E-state index contributed by atoms with van der Waals surface area (Å²) in [5.41, 5.74) is 2.64. The Morgan fingerprint density at radius 1 is 1.12 bits per heavy atom. The maximum absolute atomic E-state index is 12.3. The molecular formula is C19H17ClN2O2. The third kappa shape index (κ3) is 3.34. The fourth-order valence-electron chi connectivity index (χ4n) is 2.68. The van der Waals surface area contributed by atoms with Crippen molar-refractivity contribution in [3.05, 3.63) is 75.0 Å². The SMILES string of the molecule is CC(C)c1cc(=O)[nH]c2cc(NC(=O)c3cccc(Cl)c3)ccc12. The fourth-order valence-corrected chi connectivity index (χ4v) is 2.87. The Hall–Kier alpha value is -2.59. The molecule has 0 radical (unpaired) electrons. The lowest BCUT2D eigenvalue weighted by atomic mass is 9.99. The van der Waals surface area contributed by atoms with E-state index in [0.29, 0.717) is 21.8 Å². The lowest BCUT2D eigenvalue weighted by molar-refractivity contribution is 0.102. The monoisotopic (exact) mass is 340 g/mol. The van der Waals surface area contributed by atoms with Gasteiger partial charge in [-0.2, -0.15) is 0 Å². The zero-order valence-corrected chi connectivity index (χ0v) is 14.1. The molecule has 0 bridgehead atoms. The molecule has 0 unspecified atom stereocenters. The van der Waals surface area contributed by atoms with Gasteiger partial charge in [0, 0.05) is 27.7 Å². The molecule has 3 aromatic rings. The van der Waals surface area contributed by atoms with E-state index >= 15 is 0 Å². The van der Waals surface area contributed by atoms with Crippen molar-refractivity contribution in [1.82, 2.24) is 4.98 Å². The third-order valence-corrected chi connectivity index (χ3v) is 4.08. The first-order valence-corrected chi connectivity index (χ1v) is 8.06. The molecule has 0 saturated carbocycles. The average molecular weight is 341 g/mol. The highest BCUT2D eigenvalue weighted by atomic mass is 35.5. The molecule has 1 heterocycles. The lowest BCUT2D eigenvalue weighted by Crippen LogP contribution is -2.12. The summed E-state index contributed by atoms with van der Waals surface area (Å²) in [7, 11) is 0. The molecule has 0 spiro atoms. The van der Waals surface area contributed by atoms with Crippen LogP contribution in [0.3, 0.4) is 0 Å². The summed E-state index contributed by atoms with van der Waals surface area (Å²) in [4.78, 5) is 27.0. The van der Waals surface area contributed by atoms with Crippen LogP contribution in [-0.2, 0) is 0 Å². The van der Waals surface area contributed by atoms with Gasteiger partial charge in [-0.1, -0.05) is 37.6 Å². The van der Waals surface area contributed by atoms with E-state index in [1.165, 1.54) is 0 Å². The molecule has 0 aliphatic carbocycles. The van der Waals surface area contributed by atoms with Crippen LogP contribution < -0.4 is 10.9 Å². The van der Waals surface area contributed by atoms with Gasteiger partial charge in [0.15, 0.2) is 0 Å². The van der Waals surface area contributed by atoms with E-state index in [1.54, 1.807) is 36.4 Å². The predicted molar refractivity (Wildman–Crippen MR) is 98.1 cm³/mol. The number of pyridine rings is 1. The van der Waals surface area contributed by atoms with Crippen molar-refractivity contribution in [2.75, 3.05) is 5.32 Å². The molecule has 2 aromatic carbocycles. The number of H-pyrrole nitrogens is 1. The molecule has 2 N–H and O–H groups in total. The topological polar surface area (TPSA) is 62.0 Å². The van der Waals surface area contributed by atoms with Gasteiger partial charge in [0.1, 0.15) is 0 Å². The molecule has 1 amide bonds. The summed E-state index contributed by atoms with van der Waals surface area (Å²) < 4.78 is 0. The van der Waals surface area contributed by atoms with Gasteiger partial charge in [0.05, 0.1) is 5.52 Å². The van der Waals surface area contributed by atoms with E-state index in [9.17, 15) is 9.59 Å². The van der Waals surface area contributed by atoms with Crippen LogP contribution in [0, 0.1) is 0 Å². The van der Waals surface area contributed by atoms with Crippen LogP contribution in [0.2, 0.25) is 5.02 Å². The number of fused-ring (bicyclic) bond motifs is 1. The molecule has 0 aliphatic heterocycles. The zero-order valence-electron chi connectivity index (χ0n) is 13.4. The van der Waals surface area contributed by atoms with Crippen molar-refractivity contribution < 1.29 is 4.79 Å². The highest BCUT2D eigenvalue weighted by molar-refractivity contribution is 6.31. The summed E-state index contributed by atoms with van der Waals surface area (Å²) in [5.74, 6) is -0.0130. The highest BCUT2D eigenvalue weighted by Gasteiger charge is 2.10. The predicted octanol–water partition coefficient (Wildman–Crippen LogP) is 4.56. The molecule has 24 heavy (non-hydrogen) atoms. The number of amides is 1. The van der Waals surface area contributed by atoms with Crippen LogP contribution in [0.15, 0.2) is 53.3 Å². The Morgan fingerprint density at radius 2 is 1.92 bits per heavy atom. The van der Waals surface area contributed by atoms with Gasteiger partial charge >= 0.3 is 0 Å². The van der Waals surface area contributed by atoms with Crippen molar-refractivity contribution in [2.45, 2.75) is 19.8 Å². The quantitative estimate of drug-likeness (QED) is 0.734. The minimum absolute atomic E-state index is 0.149. The number of carbonyl (C=O) groups excluding carboxylic acids is 1. The number of rotatable bonds is 3. The molecule has 0 aliphatic rings. The minimum Gasteiger partial charge on any atom is -0.322 e. The Kier molecular flexibility index (Phi) is 4.40. The molecule has 0 fully saturated rings. The second-order valence-corrected chi connectivity index (χ2v) is 6.40.